The van der Waals surface area contributed by atoms with E-state index in [2.05, 4.69) is 4.98 Å². The average Bonchev–Trinajstić information content (AvgIpc) is 2.67. The number of H-pyrrole nitrogens is 1. The summed E-state index contributed by atoms with van der Waals surface area (Å²) in [6, 6.07) is 15.5. The van der Waals surface area contributed by atoms with E-state index in [1.54, 1.807) is 0 Å². The van der Waals surface area contributed by atoms with Gasteiger partial charge in [0.25, 0.3) is 0 Å². The molecule has 0 unspecified atom stereocenters. The van der Waals surface area contributed by atoms with Gasteiger partial charge in [0.1, 0.15) is 12.4 Å². The molecule has 2 aromatic carbocycles. The number of aromatic nitrogens is 1. The summed E-state index contributed by atoms with van der Waals surface area (Å²) in [6.45, 7) is 2.16. The smallest absolute Gasteiger partial charge is 0.192 e. The zero-order valence-electron chi connectivity index (χ0n) is 15.6. The van der Waals surface area contributed by atoms with Gasteiger partial charge in [-0.3, -0.25) is 4.79 Å². The molecular weight excluding hydrogens is 338 g/mol. The molecule has 2 N–H and O–H groups in total. The molecule has 1 aliphatic carbocycles. The molecule has 3 aromatic rings. The van der Waals surface area contributed by atoms with E-state index < -0.39 is 5.60 Å². The quantitative estimate of drug-likeness (QED) is 0.688. The fourth-order valence-electron chi connectivity index (χ4n) is 3.65. The van der Waals surface area contributed by atoms with E-state index in [0.717, 1.165) is 49.1 Å². The summed E-state index contributed by atoms with van der Waals surface area (Å²) in [5.41, 5.74) is 3.14. The second-order valence-electron chi connectivity index (χ2n) is 7.61. The minimum absolute atomic E-state index is 0.0484. The van der Waals surface area contributed by atoms with Crippen molar-refractivity contribution in [2.75, 3.05) is 0 Å². The first-order valence-corrected chi connectivity index (χ1v) is 9.59. The standard InChI is InChI=1S/C23H25NO3/c1-16-21(24-20-6-3-2-5-19(20)22(16)25)15-27-18-9-7-17(8-10-18)11-14-23(26)12-4-13-23/h2-3,5-10,26H,4,11-15H2,1H3,(H,24,25). The highest BCUT2D eigenvalue weighted by Crippen LogP contribution is 2.35. The van der Waals surface area contributed by atoms with Crippen LogP contribution in [-0.2, 0) is 13.0 Å². The molecule has 4 heteroatoms. The van der Waals surface area contributed by atoms with E-state index in [1.807, 2.05) is 55.5 Å². The summed E-state index contributed by atoms with van der Waals surface area (Å²) in [6.07, 6.45) is 4.70. The van der Waals surface area contributed by atoms with Crippen LogP contribution >= 0.6 is 0 Å². The molecule has 0 radical (unpaired) electrons. The molecule has 1 fully saturated rings. The summed E-state index contributed by atoms with van der Waals surface area (Å²) in [5, 5.41) is 10.9. The number of hydrogen-bond acceptors (Lipinski definition) is 3. The van der Waals surface area contributed by atoms with Gasteiger partial charge in [0.15, 0.2) is 5.43 Å². The fourth-order valence-corrected chi connectivity index (χ4v) is 3.65. The topological polar surface area (TPSA) is 62.3 Å². The molecule has 1 aliphatic rings. The third-order valence-electron chi connectivity index (χ3n) is 5.72. The molecule has 0 bridgehead atoms. The second kappa shape index (κ2) is 7.20. The van der Waals surface area contributed by atoms with Crippen LogP contribution in [0.4, 0.5) is 0 Å². The van der Waals surface area contributed by atoms with Gasteiger partial charge in [0.2, 0.25) is 0 Å². The van der Waals surface area contributed by atoms with Gasteiger partial charge >= 0.3 is 0 Å². The summed E-state index contributed by atoms with van der Waals surface area (Å²) in [5.74, 6) is 0.773. The van der Waals surface area contributed by atoms with Crippen molar-refractivity contribution in [3.63, 3.8) is 0 Å². The normalized spacial score (nSPS) is 15.5. The zero-order chi connectivity index (χ0) is 18.9. The van der Waals surface area contributed by atoms with Crippen LogP contribution in [0, 0.1) is 6.92 Å². The van der Waals surface area contributed by atoms with Gasteiger partial charge < -0.3 is 14.8 Å². The number of nitrogens with one attached hydrogen (secondary N) is 1. The average molecular weight is 363 g/mol. The Morgan fingerprint density at radius 3 is 2.56 bits per heavy atom. The number of ether oxygens (including phenoxy) is 1. The van der Waals surface area contributed by atoms with Crippen molar-refractivity contribution in [2.45, 2.75) is 51.2 Å². The lowest BCUT2D eigenvalue weighted by atomic mass is 9.76. The minimum Gasteiger partial charge on any atom is -0.487 e. The Labute approximate surface area is 158 Å². The Morgan fingerprint density at radius 1 is 1.11 bits per heavy atom. The van der Waals surface area contributed by atoms with Crippen molar-refractivity contribution in [2.24, 2.45) is 0 Å². The summed E-state index contributed by atoms with van der Waals surface area (Å²) >= 11 is 0. The highest BCUT2D eigenvalue weighted by Gasteiger charge is 2.33. The number of aliphatic hydroxyl groups is 1. The molecule has 27 heavy (non-hydrogen) atoms. The zero-order valence-corrected chi connectivity index (χ0v) is 15.6. The first-order chi connectivity index (χ1) is 13.0. The van der Waals surface area contributed by atoms with Crippen molar-refractivity contribution < 1.29 is 9.84 Å². The highest BCUT2D eigenvalue weighted by atomic mass is 16.5. The first kappa shape index (κ1) is 17.8. The van der Waals surface area contributed by atoms with Crippen LogP contribution in [-0.4, -0.2) is 15.7 Å². The Balaban J connectivity index is 1.42. The van der Waals surface area contributed by atoms with Crippen LogP contribution in [0.15, 0.2) is 53.3 Å². The van der Waals surface area contributed by atoms with Crippen molar-refractivity contribution in [1.29, 1.82) is 0 Å². The number of benzene rings is 2. The van der Waals surface area contributed by atoms with E-state index in [4.69, 9.17) is 4.74 Å². The molecule has 0 spiro atoms. The predicted molar refractivity (Wildman–Crippen MR) is 107 cm³/mol. The summed E-state index contributed by atoms with van der Waals surface area (Å²) in [7, 11) is 0. The van der Waals surface area contributed by atoms with E-state index in [1.165, 1.54) is 5.56 Å². The Kier molecular flexibility index (Phi) is 4.75. The third kappa shape index (κ3) is 3.76. The van der Waals surface area contributed by atoms with Gasteiger partial charge in [-0.25, -0.2) is 0 Å². The molecule has 1 heterocycles. The summed E-state index contributed by atoms with van der Waals surface area (Å²) in [4.78, 5) is 15.8. The number of rotatable bonds is 6. The van der Waals surface area contributed by atoms with Crippen molar-refractivity contribution in [1.82, 2.24) is 4.98 Å². The fraction of sp³-hybridized carbons (Fsp3) is 0.348. The monoisotopic (exact) mass is 363 g/mol. The number of hydrogen-bond donors (Lipinski definition) is 2. The molecule has 4 rings (SSSR count). The number of para-hydroxylation sites is 1. The van der Waals surface area contributed by atoms with E-state index in [9.17, 15) is 9.90 Å². The third-order valence-corrected chi connectivity index (χ3v) is 5.72. The molecule has 0 aliphatic heterocycles. The highest BCUT2D eigenvalue weighted by molar-refractivity contribution is 5.79. The first-order valence-electron chi connectivity index (χ1n) is 9.59. The van der Waals surface area contributed by atoms with Gasteiger partial charge in [-0.15, -0.1) is 0 Å². The SMILES string of the molecule is Cc1c(COc2ccc(CCC3(O)CCC3)cc2)[nH]c2ccccc2c1=O. The van der Waals surface area contributed by atoms with Crippen LogP contribution in [0.3, 0.4) is 0 Å². The Bertz CT molecular complexity index is 1000. The maximum atomic E-state index is 12.5. The van der Waals surface area contributed by atoms with Crippen LogP contribution in [0.25, 0.3) is 10.9 Å². The van der Waals surface area contributed by atoms with Crippen molar-refractivity contribution in [3.05, 3.63) is 75.6 Å². The minimum atomic E-state index is -0.436. The van der Waals surface area contributed by atoms with Gasteiger partial charge in [0, 0.05) is 16.5 Å². The number of aryl methyl sites for hydroxylation is 1. The van der Waals surface area contributed by atoms with E-state index >= 15 is 0 Å². The van der Waals surface area contributed by atoms with Crippen molar-refractivity contribution >= 4 is 10.9 Å². The molecule has 1 aromatic heterocycles. The van der Waals surface area contributed by atoms with Gasteiger partial charge in [-0.2, -0.15) is 0 Å². The van der Waals surface area contributed by atoms with Gasteiger partial charge in [-0.1, -0.05) is 24.3 Å². The maximum absolute atomic E-state index is 12.5. The Hall–Kier alpha value is -2.59. The predicted octanol–water partition coefficient (Wildman–Crippen LogP) is 4.26. The number of aromatic amines is 1. The van der Waals surface area contributed by atoms with Crippen molar-refractivity contribution in [3.8, 4) is 5.75 Å². The van der Waals surface area contributed by atoms with Crippen LogP contribution in [0.2, 0.25) is 0 Å². The maximum Gasteiger partial charge on any atom is 0.192 e. The lowest BCUT2D eigenvalue weighted by molar-refractivity contribution is -0.0397. The summed E-state index contributed by atoms with van der Waals surface area (Å²) < 4.78 is 5.89. The molecule has 140 valence electrons. The van der Waals surface area contributed by atoms with Crippen LogP contribution < -0.4 is 10.2 Å². The van der Waals surface area contributed by atoms with Crippen LogP contribution in [0.5, 0.6) is 5.75 Å². The molecule has 1 saturated carbocycles. The lowest BCUT2D eigenvalue weighted by Gasteiger charge is -2.36. The number of pyridine rings is 1. The molecule has 0 atom stereocenters. The molecular formula is C23H25NO3. The largest absolute Gasteiger partial charge is 0.487 e. The van der Waals surface area contributed by atoms with Gasteiger partial charge in [0.05, 0.1) is 11.3 Å². The Morgan fingerprint density at radius 2 is 1.85 bits per heavy atom. The van der Waals surface area contributed by atoms with E-state index in [0.29, 0.717) is 17.6 Å². The lowest BCUT2D eigenvalue weighted by Crippen LogP contribution is -2.36. The molecule has 0 amide bonds. The van der Waals surface area contributed by atoms with E-state index in [-0.39, 0.29) is 5.43 Å². The second-order valence-corrected chi connectivity index (χ2v) is 7.61. The molecule has 0 saturated heterocycles. The molecule has 4 nitrogen and oxygen atoms in total. The van der Waals surface area contributed by atoms with Crippen LogP contribution in [0.1, 0.15) is 42.5 Å². The number of fused-ring (bicyclic) bond motifs is 1. The van der Waals surface area contributed by atoms with Gasteiger partial charge in [-0.05, 0) is 68.9 Å².